The largest absolute Gasteiger partial charge is 0.376 e. The molecule has 2 aromatic carbocycles. The molecule has 0 saturated heterocycles. The fraction of sp³-hybridized carbons (Fsp3) is 0.200. The van der Waals surface area contributed by atoms with Crippen LogP contribution in [0.4, 0.5) is 5.69 Å². The van der Waals surface area contributed by atoms with E-state index in [0.29, 0.717) is 41.6 Å². The molecule has 0 spiro atoms. The molecular formula is C20H19ClN4O4S. The summed E-state index contributed by atoms with van der Waals surface area (Å²) in [5.74, 6) is -0.329. The quantitative estimate of drug-likeness (QED) is 0.624. The molecule has 156 valence electrons. The van der Waals surface area contributed by atoms with E-state index in [1.807, 2.05) is 0 Å². The summed E-state index contributed by atoms with van der Waals surface area (Å²) in [6.07, 6.45) is 2.31. The number of halogens is 1. The van der Waals surface area contributed by atoms with E-state index in [1.54, 1.807) is 47.3 Å². The Hall–Kier alpha value is -2.72. The van der Waals surface area contributed by atoms with E-state index in [1.165, 1.54) is 6.07 Å². The molecule has 0 unspecified atom stereocenters. The van der Waals surface area contributed by atoms with Crippen LogP contribution < -0.4 is 10.5 Å². The van der Waals surface area contributed by atoms with E-state index >= 15 is 0 Å². The number of nitrogens with one attached hydrogen (secondary N) is 1. The zero-order chi connectivity index (χ0) is 21.3. The van der Waals surface area contributed by atoms with Crippen molar-refractivity contribution in [2.45, 2.75) is 24.3 Å². The lowest BCUT2D eigenvalue weighted by molar-refractivity contribution is -0.115. The SMILES string of the molecule is NS(=O)(=O)c1cc(NC(=O)Cc2ccccc2Cl)ccc1-n1ncc2c1CCOC2. The average molecular weight is 447 g/mol. The van der Waals surface area contributed by atoms with Crippen molar-refractivity contribution in [3.8, 4) is 5.69 Å². The summed E-state index contributed by atoms with van der Waals surface area (Å²) in [6.45, 7) is 0.954. The summed E-state index contributed by atoms with van der Waals surface area (Å²) >= 11 is 6.10. The highest BCUT2D eigenvalue weighted by Gasteiger charge is 2.22. The number of ether oxygens (including phenoxy) is 1. The number of nitrogens with two attached hydrogens (primary N) is 1. The molecule has 1 aliphatic rings. The Bertz CT molecular complexity index is 1220. The number of hydrogen-bond acceptors (Lipinski definition) is 5. The van der Waals surface area contributed by atoms with Crippen LogP contribution in [0.2, 0.25) is 5.02 Å². The third-order valence-corrected chi connectivity index (χ3v) is 6.09. The summed E-state index contributed by atoms with van der Waals surface area (Å²) in [4.78, 5) is 12.3. The molecule has 0 atom stereocenters. The van der Waals surface area contributed by atoms with E-state index in [4.69, 9.17) is 21.5 Å². The Balaban J connectivity index is 1.65. The van der Waals surface area contributed by atoms with Gasteiger partial charge in [-0.3, -0.25) is 4.79 Å². The van der Waals surface area contributed by atoms with Crippen molar-refractivity contribution in [1.29, 1.82) is 0 Å². The van der Waals surface area contributed by atoms with Crippen molar-refractivity contribution in [3.63, 3.8) is 0 Å². The first-order valence-electron chi connectivity index (χ1n) is 9.17. The van der Waals surface area contributed by atoms with E-state index in [2.05, 4.69) is 10.4 Å². The smallest absolute Gasteiger partial charge is 0.240 e. The van der Waals surface area contributed by atoms with Crippen molar-refractivity contribution >= 4 is 33.2 Å². The summed E-state index contributed by atoms with van der Waals surface area (Å²) in [6, 6.07) is 11.6. The van der Waals surface area contributed by atoms with Gasteiger partial charge in [-0.25, -0.2) is 18.2 Å². The number of carbonyl (C=O) groups excluding carboxylic acids is 1. The highest BCUT2D eigenvalue weighted by molar-refractivity contribution is 7.89. The third-order valence-electron chi connectivity index (χ3n) is 4.78. The zero-order valence-electron chi connectivity index (χ0n) is 15.8. The molecule has 0 radical (unpaired) electrons. The van der Waals surface area contributed by atoms with Crippen LogP contribution in [0.3, 0.4) is 0 Å². The lowest BCUT2D eigenvalue weighted by Gasteiger charge is -2.17. The highest BCUT2D eigenvalue weighted by atomic mass is 35.5. The fourth-order valence-corrected chi connectivity index (χ4v) is 4.31. The molecule has 1 aromatic heterocycles. The first-order valence-corrected chi connectivity index (χ1v) is 11.1. The maximum atomic E-state index is 12.4. The number of benzene rings is 2. The second kappa shape index (κ2) is 8.19. The molecule has 10 heteroatoms. The number of primary sulfonamides is 1. The molecule has 1 aliphatic heterocycles. The van der Waals surface area contributed by atoms with Crippen molar-refractivity contribution < 1.29 is 17.9 Å². The van der Waals surface area contributed by atoms with Crippen molar-refractivity contribution in [2.75, 3.05) is 11.9 Å². The Morgan fingerprint density at radius 2 is 2.07 bits per heavy atom. The minimum Gasteiger partial charge on any atom is -0.376 e. The summed E-state index contributed by atoms with van der Waals surface area (Å²) in [5.41, 5.74) is 3.08. The molecule has 0 fully saturated rings. The average Bonchev–Trinajstić information content (AvgIpc) is 3.13. The Morgan fingerprint density at radius 3 is 2.83 bits per heavy atom. The van der Waals surface area contributed by atoms with Gasteiger partial charge in [0, 0.05) is 22.7 Å². The number of amides is 1. The van der Waals surface area contributed by atoms with E-state index in [-0.39, 0.29) is 17.2 Å². The maximum Gasteiger partial charge on any atom is 0.240 e. The number of fused-ring (bicyclic) bond motifs is 1. The van der Waals surface area contributed by atoms with Gasteiger partial charge >= 0.3 is 0 Å². The van der Waals surface area contributed by atoms with Crippen molar-refractivity contribution in [3.05, 3.63) is 70.5 Å². The molecule has 4 rings (SSSR count). The number of carbonyl (C=O) groups is 1. The van der Waals surface area contributed by atoms with Crippen LogP contribution in [0.25, 0.3) is 5.69 Å². The molecule has 1 amide bonds. The van der Waals surface area contributed by atoms with Crippen LogP contribution in [0.1, 0.15) is 16.8 Å². The van der Waals surface area contributed by atoms with Gasteiger partial charge in [0.15, 0.2) is 0 Å². The first-order chi connectivity index (χ1) is 14.3. The van der Waals surface area contributed by atoms with Crippen LogP contribution in [-0.2, 0) is 39.0 Å². The Labute approximate surface area is 178 Å². The van der Waals surface area contributed by atoms with E-state index < -0.39 is 10.0 Å². The molecule has 30 heavy (non-hydrogen) atoms. The molecule has 0 saturated carbocycles. The number of sulfonamides is 1. The van der Waals surface area contributed by atoms with E-state index in [9.17, 15) is 13.2 Å². The molecule has 8 nitrogen and oxygen atoms in total. The van der Waals surface area contributed by atoms with Gasteiger partial charge in [-0.2, -0.15) is 5.10 Å². The number of anilines is 1. The zero-order valence-corrected chi connectivity index (χ0v) is 17.4. The van der Waals surface area contributed by atoms with Gasteiger partial charge in [-0.1, -0.05) is 29.8 Å². The van der Waals surface area contributed by atoms with Crippen molar-refractivity contribution in [2.24, 2.45) is 5.14 Å². The lowest BCUT2D eigenvalue weighted by Crippen LogP contribution is -2.20. The molecule has 0 aliphatic carbocycles. The lowest BCUT2D eigenvalue weighted by atomic mass is 10.1. The Morgan fingerprint density at radius 1 is 1.27 bits per heavy atom. The first kappa shape index (κ1) is 20.5. The number of nitrogens with zero attached hydrogens (tertiary/aromatic N) is 2. The van der Waals surface area contributed by atoms with Gasteiger partial charge in [0.25, 0.3) is 0 Å². The number of rotatable bonds is 5. The number of hydrogen-bond donors (Lipinski definition) is 2. The molecule has 2 heterocycles. The number of aromatic nitrogens is 2. The van der Waals surface area contributed by atoms with Crippen LogP contribution >= 0.6 is 11.6 Å². The van der Waals surface area contributed by atoms with Crippen LogP contribution in [0, 0.1) is 0 Å². The highest BCUT2D eigenvalue weighted by Crippen LogP contribution is 2.27. The molecule has 3 aromatic rings. The van der Waals surface area contributed by atoms with Gasteiger partial charge in [0.2, 0.25) is 15.9 Å². The normalized spacial score (nSPS) is 13.7. The van der Waals surface area contributed by atoms with Gasteiger partial charge in [-0.05, 0) is 29.8 Å². The molecule has 3 N–H and O–H groups in total. The third kappa shape index (κ3) is 4.24. The molecule has 0 bridgehead atoms. The summed E-state index contributed by atoms with van der Waals surface area (Å²) in [7, 11) is -4.07. The van der Waals surface area contributed by atoms with Crippen LogP contribution in [0.15, 0.2) is 53.6 Å². The summed E-state index contributed by atoms with van der Waals surface area (Å²) in [5, 5.41) is 13.0. The summed E-state index contributed by atoms with van der Waals surface area (Å²) < 4.78 is 31.5. The van der Waals surface area contributed by atoms with Crippen LogP contribution in [0.5, 0.6) is 0 Å². The molecular weight excluding hydrogens is 428 g/mol. The van der Waals surface area contributed by atoms with Gasteiger partial charge in [-0.15, -0.1) is 0 Å². The van der Waals surface area contributed by atoms with Gasteiger partial charge in [0.1, 0.15) is 4.90 Å². The second-order valence-corrected chi connectivity index (χ2v) is 8.81. The van der Waals surface area contributed by atoms with Gasteiger partial charge < -0.3 is 10.1 Å². The topological polar surface area (TPSA) is 116 Å². The standard InChI is InChI=1S/C20H19ClN4O4S/c21-16-4-2-1-3-13(16)9-20(26)24-15-5-6-18(19(10-15)30(22,27)28)25-17-7-8-29-12-14(17)11-23-25/h1-6,10-11H,7-9,12H2,(H,24,26)(H2,22,27,28). The predicted octanol–water partition coefficient (Wildman–Crippen LogP) is 2.43. The minimum atomic E-state index is -4.07. The predicted molar refractivity (Wildman–Crippen MR) is 112 cm³/mol. The fourth-order valence-electron chi connectivity index (χ4n) is 3.37. The maximum absolute atomic E-state index is 12.4. The minimum absolute atomic E-state index is 0.0544. The Kier molecular flexibility index (Phi) is 5.61. The monoisotopic (exact) mass is 446 g/mol. The van der Waals surface area contributed by atoms with E-state index in [0.717, 1.165) is 11.3 Å². The van der Waals surface area contributed by atoms with Crippen molar-refractivity contribution in [1.82, 2.24) is 9.78 Å². The van der Waals surface area contributed by atoms with Crippen LogP contribution in [-0.4, -0.2) is 30.7 Å². The second-order valence-electron chi connectivity index (χ2n) is 6.87. The van der Waals surface area contributed by atoms with Gasteiger partial charge in [0.05, 0.1) is 37.2 Å².